The molecule has 1 saturated heterocycles. The number of benzene rings is 1. The van der Waals surface area contributed by atoms with E-state index in [-0.39, 0.29) is 18.3 Å². The largest absolute Gasteiger partial charge is 0.350 e. The van der Waals surface area contributed by atoms with E-state index in [9.17, 15) is 9.18 Å². The van der Waals surface area contributed by atoms with Gasteiger partial charge >= 0.3 is 0 Å². The number of hydrogen-bond donors (Lipinski definition) is 1. The molecule has 2 aromatic heterocycles. The van der Waals surface area contributed by atoms with Gasteiger partial charge < -0.3 is 14.4 Å². The van der Waals surface area contributed by atoms with Crippen LogP contribution in [0.2, 0.25) is 0 Å². The van der Waals surface area contributed by atoms with E-state index in [4.69, 9.17) is 4.52 Å². The lowest BCUT2D eigenvalue weighted by Gasteiger charge is -2.24. The standard InChI is InChI=1S/C19H22FN5O2/c1-24-11-15(14-9-13(20)5-6-16(14)24)19(26)21-10-18-22-17(23-27-18)12-25-7-3-2-4-8-25/h5-6,9,11H,2-4,7-8,10,12H2,1H3,(H,21,26). The number of carbonyl (C=O) groups excluding carboxylic acids is 1. The van der Waals surface area contributed by atoms with Crippen molar-refractivity contribution in [3.05, 3.63) is 47.5 Å². The van der Waals surface area contributed by atoms with Gasteiger partial charge in [0.2, 0.25) is 5.89 Å². The number of piperidine rings is 1. The van der Waals surface area contributed by atoms with Crippen molar-refractivity contribution in [1.82, 2.24) is 24.9 Å². The van der Waals surface area contributed by atoms with E-state index in [2.05, 4.69) is 20.4 Å². The number of nitrogens with one attached hydrogen (secondary N) is 1. The van der Waals surface area contributed by atoms with Crippen molar-refractivity contribution in [2.45, 2.75) is 32.4 Å². The third-order valence-corrected chi connectivity index (χ3v) is 4.92. The highest BCUT2D eigenvalue weighted by Gasteiger charge is 2.17. The Kier molecular flexibility index (Phi) is 4.89. The van der Waals surface area contributed by atoms with E-state index in [0.29, 0.717) is 29.2 Å². The first kappa shape index (κ1) is 17.7. The molecule has 1 amide bonds. The monoisotopic (exact) mass is 371 g/mol. The Morgan fingerprint density at radius 1 is 1.30 bits per heavy atom. The molecule has 1 N–H and O–H groups in total. The summed E-state index contributed by atoms with van der Waals surface area (Å²) in [5.41, 5.74) is 1.21. The summed E-state index contributed by atoms with van der Waals surface area (Å²) in [6, 6.07) is 4.41. The average molecular weight is 371 g/mol. The van der Waals surface area contributed by atoms with Crippen molar-refractivity contribution in [1.29, 1.82) is 0 Å². The summed E-state index contributed by atoms with van der Waals surface area (Å²) in [6.07, 6.45) is 5.37. The average Bonchev–Trinajstić information content (AvgIpc) is 3.25. The highest BCUT2D eigenvalue weighted by atomic mass is 19.1. The number of nitrogens with zero attached hydrogens (tertiary/aromatic N) is 4. The van der Waals surface area contributed by atoms with Crippen LogP contribution in [0.5, 0.6) is 0 Å². The maximum Gasteiger partial charge on any atom is 0.253 e. The number of fused-ring (bicyclic) bond motifs is 1. The van der Waals surface area contributed by atoms with E-state index in [1.54, 1.807) is 16.8 Å². The Labute approximate surface area is 156 Å². The Morgan fingerprint density at radius 3 is 2.93 bits per heavy atom. The molecule has 27 heavy (non-hydrogen) atoms. The molecule has 3 heterocycles. The molecule has 0 unspecified atom stereocenters. The van der Waals surface area contributed by atoms with E-state index < -0.39 is 0 Å². The lowest BCUT2D eigenvalue weighted by atomic mass is 10.1. The highest BCUT2D eigenvalue weighted by Crippen LogP contribution is 2.21. The first-order valence-electron chi connectivity index (χ1n) is 9.17. The number of carbonyl (C=O) groups is 1. The van der Waals surface area contributed by atoms with Crippen molar-refractivity contribution < 1.29 is 13.7 Å². The van der Waals surface area contributed by atoms with Gasteiger partial charge in [-0.2, -0.15) is 4.98 Å². The Bertz CT molecular complexity index is 958. The van der Waals surface area contributed by atoms with E-state index in [0.717, 1.165) is 18.6 Å². The Morgan fingerprint density at radius 2 is 2.11 bits per heavy atom. The lowest BCUT2D eigenvalue weighted by molar-refractivity contribution is 0.0947. The molecule has 1 fully saturated rings. The molecular formula is C19H22FN5O2. The van der Waals surface area contributed by atoms with Gasteiger partial charge in [-0.3, -0.25) is 9.69 Å². The van der Waals surface area contributed by atoms with Crippen LogP contribution in [0.15, 0.2) is 28.9 Å². The molecule has 0 spiro atoms. The van der Waals surface area contributed by atoms with Crippen LogP contribution in [0.3, 0.4) is 0 Å². The van der Waals surface area contributed by atoms with Crippen LogP contribution in [-0.2, 0) is 20.1 Å². The number of rotatable bonds is 5. The minimum Gasteiger partial charge on any atom is -0.350 e. The van der Waals surface area contributed by atoms with Crippen molar-refractivity contribution in [2.75, 3.05) is 13.1 Å². The zero-order chi connectivity index (χ0) is 18.8. The van der Waals surface area contributed by atoms with Crippen LogP contribution in [0.25, 0.3) is 10.9 Å². The summed E-state index contributed by atoms with van der Waals surface area (Å²) in [5, 5.41) is 7.34. The topological polar surface area (TPSA) is 76.2 Å². The summed E-state index contributed by atoms with van der Waals surface area (Å²) in [6.45, 7) is 2.91. The van der Waals surface area contributed by atoms with Gasteiger partial charge in [0.1, 0.15) is 5.82 Å². The molecule has 0 aliphatic carbocycles. The van der Waals surface area contributed by atoms with Gasteiger partial charge in [-0.25, -0.2) is 4.39 Å². The van der Waals surface area contributed by atoms with Crippen LogP contribution in [-0.4, -0.2) is 38.6 Å². The molecule has 142 valence electrons. The lowest BCUT2D eigenvalue weighted by Crippen LogP contribution is -2.29. The maximum absolute atomic E-state index is 13.6. The molecule has 1 aromatic carbocycles. The molecule has 1 aliphatic rings. The van der Waals surface area contributed by atoms with Gasteiger partial charge in [-0.15, -0.1) is 0 Å². The normalized spacial score (nSPS) is 15.3. The van der Waals surface area contributed by atoms with Gasteiger partial charge in [0, 0.05) is 24.1 Å². The van der Waals surface area contributed by atoms with Gasteiger partial charge in [0.15, 0.2) is 5.82 Å². The smallest absolute Gasteiger partial charge is 0.253 e. The minimum atomic E-state index is -0.373. The van der Waals surface area contributed by atoms with E-state index in [1.807, 2.05) is 7.05 Å². The fourth-order valence-electron chi connectivity index (χ4n) is 3.54. The molecule has 7 nitrogen and oxygen atoms in total. The fourth-order valence-corrected chi connectivity index (χ4v) is 3.54. The molecule has 1 aliphatic heterocycles. The summed E-state index contributed by atoms with van der Waals surface area (Å²) in [7, 11) is 1.82. The van der Waals surface area contributed by atoms with E-state index >= 15 is 0 Å². The van der Waals surface area contributed by atoms with Crippen LogP contribution < -0.4 is 5.32 Å². The third-order valence-electron chi connectivity index (χ3n) is 4.92. The van der Waals surface area contributed by atoms with Gasteiger partial charge in [-0.1, -0.05) is 11.6 Å². The van der Waals surface area contributed by atoms with Crippen LogP contribution >= 0.6 is 0 Å². The quantitative estimate of drug-likeness (QED) is 0.746. The second-order valence-corrected chi connectivity index (χ2v) is 6.94. The van der Waals surface area contributed by atoms with Crippen molar-refractivity contribution in [3.63, 3.8) is 0 Å². The minimum absolute atomic E-state index is 0.136. The number of hydrogen-bond acceptors (Lipinski definition) is 5. The number of aryl methyl sites for hydroxylation is 1. The molecule has 0 bridgehead atoms. The first-order chi connectivity index (χ1) is 13.1. The van der Waals surface area contributed by atoms with Crippen LogP contribution in [0, 0.1) is 5.82 Å². The van der Waals surface area contributed by atoms with Crippen LogP contribution in [0.4, 0.5) is 4.39 Å². The molecule has 3 aromatic rings. The fraction of sp³-hybridized carbons (Fsp3) is 0.421. The Hall–Kier alpha value is -2.74. The van der Waals surface area contributed by atoms with Crippen molar-refractivity contribution in [2.24, 2.45) is 7.05 Å². The molecule has 0 saturated carbocycles. The van der Waals surface area contributed by atoms with Crippen molar-refractivity contribution >= 4 is 16.8 Å². The molecule has 4 rings (SSSR count). The summed E-state index contributed by atoms with van der Waals surface area (Å²) >= 11 is 0. The zero-order valence-corrected chi connectivity index (χ0v) is 15.2. The predicted molar refractivity (Wildman–Crippen MR) is 97.5 cm³/mol. The zero-order valence-electron chi connectivity index (χ0n) is 15.2. The third kappa shape index (κ3) is 3.85. The van der Waals surface area contributed by atoms with Gasteiger partial charge in [0.05, 0.1) is 18.7 Å². The highest BCUT2D eigenvalue weighted by molar-refractivity contribution is 6.06. The van der Waals surface area contributed by atoms with Gasteiger partial charge in [0.25, 0.3) is 5.91 Å². The predicted octanol–water partition coefficient (Wildman–Crippen LogP) is 2.62. The van der Waals surface area contributed by atoms with Crippen molar-refractivity contribution in [3.8, 4) is 0 Å². The van der Waals surface area contributed by atoms with E-state index in [1.165, 1.54) is 31.4 Å². The summed E-state index contributed by atoms with van der Waals surface area (Å²) < 4.78 is 20.6. The van der Waals surface area contributed by atoms with Crippen LogP contribution in [0.1, 0.15) is 41.3 Å². The molecule has 0 atom stereocenters. The second-order valence-electron chi connectivity index (χ2n) is 6.94. The number of halogens is 1. The SMILES string of the molecule is Cn1cc(C(=O)NCc2nc(CN3CCCCC3)no2)c2cc(F)ccc21. The molecule has 8 heteroatoms. The summed E-state index contributed by atoms with van der Waals surface area (Å²) in [5.74, 6) is 0.319. The number of amides is 1. The number of likely N-dealkylation sites (tertiary alicyclic amines) is 1. The Balaban J connectivity index is 1.40. The molecule has 0 radical (unpaired) electrons. The second kappa shape index (κ2) is 7.48. The maximum atomic E-state index is 13.6. The van der Waals surface area contributed by atoms with Gasteiger partial charge in [-0.05, 0) is 44.1 Å². The number of aromatic nitrogens is 3. The molecular weight excluding hydrogens is 349 g/mol. The first-order valence-corrected chi connectivity index (χ1v) is 9.17. The summed E-state index contributed by atoms with van der Waals surface area (Å²) in [4.78, 5) is 19.2.